The molecule has 0 saturated carbocycles. The van der Waals surface area contributed by atoms with Gasteiger partial charge in [0.05, 0.1) is 6.26 Å². The van der Waals surface area contributed by atoms with Crippen molar-refractivity contribution in [2.45, 2.75) is 6.92 Å². The van der Waals surface area contributed by atoms with E-state index < -0.39 is 6.16 Å². The average Bonchev–Trinajstić information content (AvgIpc) is 2.34. The molecule has 5 nitrogen and oxygen atoms in total. The van der Waals surface area contributed by atoms with Crippen LogP contribution in [0.15, 0.2) is 22.8 Å². The summed E-state index contributed by atoms with van der Waals surface area (Å²) in [5, 5.41) is 13.9. The standard InChI is InChI=1S/C6H6O2.CH2O3.K.H/c1-5(7)6-3-2-4-8-6;2-1(3)4;;/h2-4H,1H3;(H2,2,3,4);;. The van der Waals surface area contributed by atoms with Crippen LogP contribution in [0.2, 0.25) is 0 Å². The first-order valence-electron chi connectivity index (χ1n) is 3.00. The molecule has 68 valence electrons. The maximum atomic E-state index is 10.4. The zero-order chi connectivity index (χ0) is 9.56. The molecular formula is C7H9KO5. The number of Topliss-reactive ketones (excluding diaryl/α,β-unsaturated/α-hetero) is 1. The van der Waals surface area contributed by atoms with Gasteiger partial charge in [0.2, 0.25) is 0 Å². The molecule has 13 heavy (non-hydrogen) atoms. The van der Waals surface area contributed by atoms with E-state index in [-0.39, 0.29) is 57.2 Å². The Morgan fingerprint density at radius 2 is 1.85 bits per heavy atom. The number of furan rings is 1. The van der Waals surface area contributed by atoms with Crippen LogP contribution in [0.3, 0.4) is 0 Å². The molecule has 0 aliphatic rings. The molecule has 0 amide bonds. The quantitative estimate of drug-likeness (QED) is 0.536. The Kier molecular flexibility index (Phi) is 9.97. The first kappa shape index (κ1) is 15.3. The van der Waals surface area contributed by atoms with Crippen molar-refractivity contribution in [2.75, 3.05) is 0 Å². The van der Waals surface area contributed by atoms with Gasteiger partial charge in [-0.05, 0) is 12.1 Å². The van der Waals surface area contributed by atoms with Crippen molar-refractivity contribution >= 4 is 63.3 Å². The fourth-order valence-electron chi connectivity index (χ4n) is 0.479. The molecule has 1 aromatic heterocycles. The third-order valence-electron chi connectivity index (χ3n) is 0.868. The van der Waals surface area contributed by atoms with Crippen molar-refractivity contribution < 1.29 is 24.2 Å². The van der Waals surface area contributed by atoms with Crippen LogP contribution in [0.1, 0.15) is 17.5 Å². The summed E-state index contributed by atoms with van der Waals surface area (Å²) in [5.74, 6) is 0.389. The van der Waals surface area contributed by atoms with E-state index in [0.717, 1.165) is 0 Å². The fourth-order valence-corrected chi connectivity index (χ4v) is 0.479. The first-order chi connectivity index (χ1) is 5.54. The van der Waals surface area contributed by atoms with Crippen LogP contribution in [0.4, 0.5) is 4.79 Å². The topological polar surface area (TPSA) is 87.7 Å². The van der Waals surface area contributed by atoms with E-state index in [1.807, 2.05) is 0 Å². The number of rotatable bonds is 1. The number of carboxylic acid groups (broad SMARTS) is 2. The number of ketones is 1. The molecule has 0 aliphatic carbocycles. The van der Waals surface area contributed by atoms with E-state index >= 15 is 0 Å². The predicted molar refractivity (Wildman–Crippen MR) is 46.5 cm³/mol. The van der Waals surface area contributed by atoms with Crippen molar-refractivity contribution in [1.29, 1.82) is 0 Å². The van der Waals surface area contributed by atoms with E-state index in [1.165, 1.54) is 13.2 Å². The number of carbonyl (C=O) groups excluding carboxylic acids is 1. The maximum absolute atomic E-state index is 10.4. The molecule has 0 radical (unpaired) electrons. The van der Waals surface area contributed by atoms with Crippen LogP contribution >= 0.6 is 0 Å². The predicted octanol–water partition coefficient (Wildman–Crippen LogP) is 1.06. The van der Waals surface area contributed by atoms with Gasteiger partial charge in [-0.25, -0.2) is 4.79 Å². The van der Waals surface area contributed by atoms with Crippen molar-refractivity contribution in [3.05, 3.63) is 24.2 Å². The van der Waals surface area contributed by atoms with Crippen molar-refractivity contribution in [1.82, 2.24) is 0 Å². The second kappa shape index (κ2) is 8.45. The van der Waals surface area contributed by atoms with Gasteiger partial charge in [-0.15, -0.1) is 0 Å². The molecule has 6 heteroatoms. The van der Waals surface area contributed by atoms with Crippen LogP contribution in [0.25, 0.3) is 0 Å². The summed E-state index contributed by atoms with van der Waals surface area (Å²) in [6.07, 6.45) is -0.350. The van der Waals surface area contributed by atoms with Crippen LogP contribution in [0.5, 0.6) is 0 Å². The van der Waals surface area contributed by atoms with Crippen molar-refractivity contribution in [3.63, 3.8) is 0 Å². The van der Waals surface area contributed by atoms with E-state index in [1.54, 1.807) is 12.1 Å². The molecule has 0 aliphatic heterocycles. The van der Waals surface area contributed by atoms with Gasteiger partial charge < -0.3 is 14.6 Å². The summed E-state index contributed by atoms with van der Waals surface area (Å²) in [7, 11) is 0. The van der Waals surface area contributed by atoms with E-state index in [2.05, 4.69) is 0 Å². The number of hydrogen-bond acceptors (Lipinski definition) is 3. The molecular weight excluding hydrogens is 203 g/mol. The summed E-state index contributed by atoms with van der Waals surface area (Å²) in [4.78, 5) is 19.0. The van der Waals surface area contributed by atoms with Gasteiger partial charge in [0.1, 0.15) is 0 Å². The first-order valence-corrected chi connectivity index (χ1v) is 3.00. The molecule has 0 bridgehead atoms. The minimum atomic E-state index is -1.83. The Morgan fingerprint density at radius 1 is 1.38 bits per heavy atom. The van der Waals surface area contributed by atoms with Gasteiger partial charge in [0, 0.05) is 6.92 Å². The number of hydrogen-bond donors (Lipinski definition) is 2. The van der Waals surface area contributed by atoms with Gasteiger partial charge in [-0.3, -0.25) is 4.79 Å². The zero-order valence-electron chi connectivity index (χ0n) is 6.35. The summed E-state index contributed by atoms with van der Waals surface area (Å²) in [5.41, 5.74) is 0. The Labute approximate surface area is 117 Å². The molecule has 1 aromatic rings. The zero-order valence-corrected chi connectivity index (χ0v) is 6.35. The molecule has 0 spiro atoms. The molecule has 0 fully saturated rings. The van der Waals surface area contributed by atoms with Crippen LogP contribution in [-0.2, 0) is 0 Å². The third-order valence-corrected chi connectivity index (χ3v) is 0.868. The monoisotopic (exact) mass is 212 g/mol. The summed E-state index contributed by atoms with van der Waals surface area (Å²) >= 11 is 0. The molecule has 0 saturated heterocycles. The summed E-state index contributed by atoms with van der Waals surface area (Å²) < 4.78 is 4.75. The van der Waals surface area contributed by atoms with Crippen molar-refractivity contribution in [2.24, 2.45) is 0 Å². The summed E-state index contributed by atoms with van der Waals surface area (Å²) in [6.45, 7) is 1.47. The van der Waals surface area contributed by atoms with Crippen LogP contribution in [0, 0.1) is 0 Å². The van der Waals surface area contributed by atoms with Gasteiger partial charge >= 0.3 is 57.5 Å². The van der Waals surface area contributed by atoms with E-state index in [0.29, 0.717) is 5.76 Å². The van der Waals surface area contributed by atoms with E-state index in [9.17, 15) is 4.79 Å². The molecule has 0 aromatic carbocycles. The SMILES string of the molecule is CC(=O)c1ccco1.O=C(O)O.[KH]. The molecule has 1 heterocycles. The fraction of sp³-hybridized carbons (Fsp3) is 0.143. The second-order valence-corrected chi connectivity index (χ2v) is 1.82. The molecule has 0 atom stereocenters. The molecule has 0 unspecified atom stereocenters. The van der Waals surface area contributed by atoms with Gasteiger partial charge in [-0.2, -0.15) is 0 Å². The van der Waals surface area contributed by atoms with Gasteiger partial charge in [0.25, 0.3) is 0 Å². The average molecular weight is 212 g/mol. The van der Waals surface area contributed by atoms with Crippen LogP contribution in [-0.4, -0.2) is 73.5 Å². The Bertz CT molecular complexity index is 250. The van der Waals surface area contributed by atoms with Crippen LogP contribution < -0.4 is 0 Å². The Hall–Kier alpha value is -0.144. The van der Waals surface area contributed by atoms with E-state index in [4.69, 9.17) is 19.4 Å². The Balaban J connectivity index is 0. The molecule has 1 rings (SSSR count). The minimum absolute atomic E-state index is 0. The normalized spacial score (nSPS) is 7.46. The van der Waals surface area contributed by atoms with Gasteiger partial charge in [-0.1, -0.05) is 0 Å². The second-order valence-electron chi connectivity index (χ2n) is 1.82. The van der Waals surface area contributed by atoms with Crippen molar-refractivity contribution in [3.8, 4) is 0 Å². The Morgan fingerprint density at radius 3 is 2.00 bits per heavy atom. The van der Waals surface area contributed by atoms with Gasteiger partial charge in [0.15, 0.2) is 11.5 Å². The molecule has 2 N–H and O–H groups in total. The number of carbonyl (C=O) groups is 2. The summed E-state index contributed by atoms with van der Waals surface area (Å²) in [6, 6.07) is 3.33. The third kappa shape index (κ3) is 9.77.